The van der Waals surface area contributed by atoms with Gasteiger partial charge in [0.15, 0.2) is 6.61 Å². The summed E-state index contributed by atoms with van der Waals surface area (Å²) in [7, 11) is 0. The van der Waals surface area contributed by atoms with Crippen molar-refractivity contribution in [3.05, 3.63) is 42.2 Å². The fraction of sp³-hybridized carbons (Fsp3) is 0.476. The maximum Gasteiger partial charge on any atom is 0.260 e. The van der Waals surface area contributed by atoms with Gasteiger partial charge in [0, 0.05) is 26.1 Å². The van der Waals surface area contributed by atoms with Crippen LogP contribution in [0.2, 0.25) is 0 Å². The van der Waals surface area contributed by atoms with Crippen LogP contribution < -0.4 is 15.4 Å². The highest BCUT2D eigenvalue weighted by atomic mass is 19.1. The second-order valence-electron chi connectivity index (χ2n) is 7.47. The molecule has 0 spiro atoms. The quantitative estimate of drug-likeness (QED) is 0.644. The number of carbonyl (C=O) groups excluding carboxylic acids is 3. The van der Waals surface area contributed by atoms with E-state index >= 15 is 0 Å². The van der Waals surface area contributed by atoms with E-state index in [4.69, 9.17) is 4.74 Å². The zero-order chi connectivity index (χ0) is 21.4. The average Bonchev–Trinajstić information content (AvgIpc) is 2.65. The van der Waals surface area contributed by atoms with E-state index in [2.05, 4.69) is 10.6 Å². The van der Waals surface area contributed by atoms with Crippen LogP contribution in [0.5, 0.6) is 5.75 Å². The number of rotatable bonds is 8. The molecule has 0 radical (unpaired) electrons. The van der Waals surface area contributed by atoms with Gasteiger partial charge in [0.1, 0.15) is 17.6 Å². The van der Waals surface area contributed by atoms with Gasteiger partial charge in [0.05, 0.1) is 6.04 Å². The van der Waals surface area contributed by atoms with E-state index in [1.807, 2.05) is 19.9 Å². The number of amides is 3. The lowest BCUT2D eigenvalue weighted by atomic mass is 10.0. The highest BCUT2D eigenvalue weighted by Crippen LogP contribution is 2.13. The van der Waals surface area contributed by atoms with Crippen molar-refractivity contribution in [2.75, 3.05) is 19.7 Å². The van der Waals surface area contributed by atoms with Crippen LogP contribution in [-0.2, 0) is 14.4 Å². The number of hydrogen-bond acceptors (Lipinski definition) is 4. The van der Waals surface area contributed by atoms with Crippen LogP contribution in [0.1, 0.15) is 27.2 Å². The van der Waals surface area contributed by atoms with Gasteiger partial charge in [-0.2, -0.15) is 0 Å². The van der Waals surface area contributed by atoms with E-state index in [0.29, 0.717) is 19.5 Å². The summed E-state index contributed by atoms with van der Waals surface area (Å²) in [6.07, 6.45) is 4.14. The molecule has 2 unspecified atom stereocenters. The fourth-order valence-electron chi connectivity index (χ4n) is 3.05. The van der Waals surface area contributed by atoms with Crippen LogP contribution in [0.3, 0.4) is 0 Å². The van der Waals surface area contributed by atoms with E-state index in [1.165, 1.54) is 25.1 Å². The number of carbonyl (C=O) groups is 3. The van der Waals surface area contributed by atoms with Crippen molar-refractivity contribution < 1.29 is 23.5 Å². The normalized spacial score (nSPS) is 17.0. The zero-order valence-corrected chi connectivity index (χ0v) is 17.0. The summed E-state index contributed by atoms with van der Waals surface area (Å²) in [5.74, 6) is -0.738. The molecule has 1 aromatic rings. The summed E-state index contributed by atoms with van der Waals surface area (Å²) in [6.45, 7) is 5.80. The summed E-state index contributed by atoms with van der Waals surface area (Å²) < 4.78 is 18.5. The lowest BCUT2D eigenvalue weighted by molar-refractivity contribution is -0.134. The van der Waals surface area contributed by atoms with Crippen molar-refractivity contribution in [3.63, 3.8) is 0 Å². The molecule has 2 atom stereocenters. The Kier molecular flexibility index (Phi) is 8.18. The molecule has 1 heterocycles. The van der Waals surface area contributed by atoms with Gasteiger partial charge >= 0.3 is 0 Å². The first-order chi connectivity index (χ1) is 13.7. The van der Waals surface area contributed by atoms with Crippen molar-refractivity contribution in [3.8, 4) is 5.75 Å². The molecule has 0 aromatic heterocycles. The number of ether oxygens (including phenoxy) is 1. The van der Waals surface area contributed by atoms with E-state index in [0.717, 1.165) is 0 Å². The Bertz CT molecular complexity index is 766. The Morgan fingerprint density at radius 3 is 2.72 bits per heavy atom. The molecule has 29 heavy (non-hydrogen) atoms. The van der Waals surface area contributed by atoms with Crippen LogP contribution >= 0.6 is 0 Å². The van der Waals surface area contributed by atoms with Crippen LogP contribution in [0, 0.1) is 11.7 Å². The Morgan fingerprint density at radius 1 is 1.31 bits per heavy atom. The number of benzene rings is 1. The molecular formula is C21H28FN3O4. The van der Waals surface area contributed by atoms with Crippen molar-refractivity contribution in [1.82, 2.24) is 15.5 Å². The van der Waals surface area contributed by atoms with Crippen LogP contribution in [0.25, 0.3) is 0 Å². The van der Waals surface area contributed by atoms with Crippen LogP contribution in [0.15, 0.2) is 36.4 Å². The van der Waals surface area contributed by atoms with Crippen LogP contribution in [0.4, 0.5) is 4.39 Å². The molecule has 0 aliphatic carbocycles. The highest BCUT2D eigenvalue weighted by molar-refractivity contribution is 5.87. The average molecular weight is 405 g/mol. The summed E-state index contributed by atoms with van der Waals surface area (Å²) >= 11 is 0. The van der Waals surface area contributed by atoms with Crippen LogP contribution in [-0.4, -0.2) is 54.4 Å². The summed E-state index contributed by atoms with van der Waals surface area (Å²) in [4.78, 5) is 37.9. The molecule has 3 amide bonds. The van der Waals surface area contributed by atoms with Crippen molar-refractivity contribution >= 4 is 17.7 Å². The molecule has 2 N–H and O–H groups in total. The van der Waals surface area contributed by atoms with Crippen molar-refractivity contribution in [2.45, 2.75) is 39.3 Å². The molecule has 1 aliphatic heterocycles. The molecular weight excluding hydrogens is 377 g/mol. The third kappa shape index (κ3) is 7.56. The van der Waals surface area contributed by atoms with Gasteiger partial charge in [-0.15, -0.1) is 0 Å². The van der Waals surface area contributed by atoms with Gasteiger partial charge < -0.3 is 20.3 Å². The Hall–Kier alpha value is -2.90. The van der Waals surface area contributed by atoms with E-state index in [1.54, 1.807) is 17.0 Å². The first-order valence-electron chi connectivity index (χ1n) is 9.65. The molecule has 2 rings (SSSR count). The third-order valence-corrected chi connectivity index (χ3v) is 4.35. The fourth-order valence-corrected chi connectivity index (χ4v) is 3.05. The van der Waals surface area contributed by atoms with E-state index < -0.39 is 11.9 Å². The lowest BCUT2D eigenvalue weighted by Gasteiger charge is -2.30. The van der Waals surface area contributed by atoms with Gasteiger partial charge in [-0.25, -0.2) is 4.39 Å². The molecule has 1 aromatic carbocycles. The second kappa shape index (κ2) is 10.6. The molecule has 0 saturated heterocycles. The predicted molar refractivity (Wildman–Crippen MR) is 107 cm³/mol. The largest absolute Gasteiger partial charge is 0.484 e. The van der Waals surface area contributed by atoms with E-state index in [-0.39, 0.29) is 42.0 Å². The van der Waals surface area contributed by atoms with E-state index in [9.17, 15) is 18.8 Å². The summed E-state index contributed by atoms with van der Waals surface area (Å²) in [5.41, 5.74) is 0. The minimum absolute atomic E-state index is 0.222. The number of hydrogen-bond donors (Lipinski definition) is 2. The molecule has 7 nitrogen and oxygen atoms in total. The summed E-state index contributed by atoms with van der Waals surface area (Å²) in [5, 5.41) is 5.54. The van der Waals surface area contributed by atoms with Gasteiger partial charge in [0.2, 0.25) is 11.8 Å². The Morgan fingerprint density at radius 2 is 2.07 bits per heavy atom. The standard InChI is InChI=1S/C21H28FN3O4/c1-14(2)10-19(23-15(3)26)21(28)24-17-7-5-9-25(12-17)20(27)13-29-18-8-4-6-16(22)11-18/h4-8,11,14,17,19H,9-10,12-13H2,1-3H3,(H,23,26)(H,24,28). The van der Waals surface area contributed by atoms with Gasteiger partial charge in [0.25, 0.3) is 5.91 Å². The maximum absolute atomic E-state index is 13.2. The zero-order valence-electron chi connectivity index (χ0n) is 17.0. The van der Waals surface area contributed by atoms with Gasteiger partial charge in [-0.05, 0) is 24.5 Å². The number of halogens is 1. The highest BCUT2D eigenvalue weighted by Gasteiger charge is 2.26. The minimum Gasteiger partial charge on any atom is -0.484 e. The number of nitrogens with zero attached hydrogens (tertiary/aromatic N) is 1. The predicted octanol–water partition coefficient (Wildman–Crippen LogP) is 1.64. The minimum atomic E-state index is -0.622. The number of nitrogens with one attached hydrogen (secondary N) is 2. The Labute approximate surface area is 170 Å². The molecule has 158 valence electrons. The van der Waals surface area contributed by atoms with Gasteiger partial charge in [-0.1, -0.05) is 32.1 Å². The first kappa shape index (κ1) is 22.4. The summed E-state index contributed by atoms with van der Waals surface area (Å²) in [6, 6.07) is 4.61. The Balaban J connectivity index is 1.89. The first-order valence-corrected chi connectivity index (χ1v) is 9.65. The van der Waals surface area contributed by atoms with Crippen molar-refractivity contribution in [1.29, 1.82) is 0 Å². The monoisotopic (exact) mass is 405 g/mol. The lowest BCUT2D eigenvalue weighted by Crippen LogP contribution is -2.53. The maximum atomic E-state index is 13.2. The molecule has 8 heteroatoms. The molecule has 0 bridgehead atoms. The third-order valence-electron chi connectivity index (χ3n) is 4.35. The van der Waals surface area contributed by atoms with Crippen molar-refractivity contribution in [2.24, 2.45) is 5.92 Å². The second-order valence-corrected chi connectivity index (χ2v) is 7.47. The SMILES string of the molecule is CC(=O)NC(CC(C)C)C(=O)NC1C=CCN(C(=O)COc2cccc(F)c2)C1. The molecule has 0 fully saturated rings. The molecule has 0 saturated carbocycles. The smallest absolute Gasteiger partial charge is 0.260 e. The van der Waals surface area contributed by atoms with Gasteiger partial charge in [-0.3, -0.25) is 14.4 Å². The molecule has 1 aliphatic rings. The topological polar surface area (TPSA) is 87.7 Å².